The van der Waals surface area contributed by atoms with Crippen LogP contribution in [-0.2, 0) is 15.7 Å². The molecule has 0 aliphatic heterocycles. The smallest absolute Gasteiger partial charge is 0.370 e. The fourth-order valence-corrected chi connectivity index (χ4v) is 1.51. The number of hydrogen-bond acceptors (Lipinski definition) is 3. The highest BCUT2D eigenvalue weighted by Gasteiger charge is 2.31. The maximum absolute atomic E-state index is 12.5. The van der Waals surface area contributed by atoms with Crippen LogP contribution in [0.2, 0.25) is 5.02 Å². The highest BCUT2D eigenvalue weighted by Crippen LogP contribution is 2.33. The second kappa shape index (κ2) is 6.74. The number of carbonyl (C=O) groups is 1. The van der Waals surface area contributed by atoms with Gasteiger partial charge in [-0.05, 0) is 18.2 Å². The Bertz CT molecular complexity index is 452. The van der Waals surface area contributed by atoms with Gasteiger partial charge in [0, 0.05) is 17.3 Å². The normalized spacial score (nSPS) is 11.4. The summed E-state index contributed by atoms with van der Waals surface area (Å²) in [4.78, 5) is 11.4. The zero-order chi connectivity index (χ0) is 14.5. The molecule has 0 saturated carbocycles. The number of nitrogens with one attached hydrogen (secondary N) is 1. The minimum Gasteiger partial charge on any atom is -0.370 e. The van der Waals surface area contributed by atoms with Gasteiger partial charge in [-0.1, -0.05) is 11.6 Å². The number of rotatable bonds is 5. The Kier molecular flexibility index (Phi) is 5.59. The summed E-state index contributed by atoms with van der Waals surface area (Å²) in [5.41, 5.74) is 4.18. The Balaban J connectivity index is 2.73. The van der Waals surface area contributed by atoms with Gasteiger partial charge in [0.1, 0.15) is 6.61 Å². The molecule has 0 spiro atoms. The summed E-state index contributed by atoms with van der Waals surface area (Å²) in [6.45, 7) is 0.157. The van der Waals surface area contributed by atoms with E-state index in [4.69, 9.17) is 22.1 Å². The third-order valence-corrected chi connectivity index (χ3v) is 2.22. The Morgan fingerprint density at radius 2 is 2.05 bits per heavy atom. The zero-order valence-corrected chi connectivity index (χ0v) is 10.5. The molecule has 0 saturated heterocycles. The monoisotopic (exact) mass is 296 g/mol. The van der Waals surface area contributed by atoms with E-state index in [-0.39, 0.29) is 30.5 Å². The zero-order valence-electron chi connectivity index (χ0n) is 9.76. The lowest BCUT2D eigenvalue weighted by Gasteiger charge is -2.11. The van der Waals surface area contributed by atoms with E-state index in [9.17, 15) is 18.0 Å². The van der Waals surface area contributed by atoms with Crippen molar-refractivity contribution in [1.82, 2.24) is 0 Å². The predicted octanol–water partition coefficient (Wildman–Crippen LogP) is 2.27. The van der Waals surface area contributed by atoms with Crippen LogP contribution < -0.4 is 11.1 Å². The van der Waals surface area contributed by atoms with Crippen molar-refractivity contribution < 1.29 is 22.7 Å². The fraction of sp³-hybridized carbons (Fsp3) is 0.364. The summed E-state index contributed by atoms with van der Waals surface area (Å²) in [7, 11) is 0. The number of halogens is 4. The molecule has 0 heterocycles. The lowest BCUT2D eigenvalue weighted by molar-refractivity contribution is -0.137. The molecule has 8 heteroatoms. The lowest BCUT2D eigenvalue weighted by Crippen LogP contribution is -2.21. The van der Waals surface area contributed by atoms with E-state index in [0.717, 1.165) is 12.1 Å². The summed E-state index contributed by atoms with van der Waals surface area (Å²) >= 11 is 5.57. The number of nitrogens with two attached hydrogens (primary N) is 1. The summed E-state index contributed by atoms with van der Waals surface area (Å²) in [5, 5.41) is 2.15. The van der Waals surface area contributed by atoms with Crippen molar-refractivity contribution in [2.75, 3.05) is 25.1 Å². The number of amides is 1. The molecule has 0 fully saturated rings. The van der Waals surface area contributed by atoms with E-state index in [0.29, 0.717) is 0 Å². The molecule has 0 bridgehead atoms. The van der Waals surface area contributed by atoms with Crippen molar-refractivity contribution in [2.24, 2.45) is 5.73 Å². The van der Waals surface area contributed by atoms with Crippen molar-refractivity contribution >= 4 is 23.2 Å². The number of hydrogen-bond donors (Lipinski definition) is 2. The third-order valence-electron chi connectivity index (χ3n) is 2.00. The molecule has 0 atom stereocenters. The average Bonchev–Trinajstić information content (AvgIpc) is 2.27. The van der Waals surface area contributed by atoms with Crippen molar-refractivity contribution in [3.8, 4) is 0 Å². The lowest BCUT2D eigenvalue weighted by atomic mass is 10.2. The van der Waals surface area contributed by atoms with Gasteiger partial charge in [0.05, 0.1) is 12.2 Å². The maximum Gasteiger partial charge on any atom is 0.416 e. The summed E-state index contributed by atoms with van der Waals surface area (Å²) in [6, 6.07) is 2.80. The molecule has 4 nitrogen and oxygen atoms in total. The van der Waals surface area contributed by atoms with Crippen LogP contribution in [0.5, 0.6) is 0 Å². The van der Waals surface area contributed by atoms with Crippen molar-refractivity contribution in [2.45, 2.75) is 6.18 Å². The fourth-order valence-electron chi connectivity index (χ4n) is 1.27. The first-order chi connectivity index (χ1) is 8.82. The molecule has 0 radical (unpaired) electrons. The van der Waals surface area contributed by atoms with E-state index < -0.39 is 17.6 Å². The Morgan fingerprint density at radius 3 is 2.63 bits per heavy atom. The minimum absolute atomic E-state index is 0.0406. The topological polar surface area (TPSA) is 64.3 Å². The van der Waals surface area contributed by atoms with E-state index in [1.54, 1.807) is 0 Å². The van der Waals surface area contributed by atoms with E-state index >= 15 is 0 Å². The van der Waals surface area contributed by atoms with Gasteiger partial charge in [-0.2, -0.15) is 13.2 Å². The van der Waals surface area contributed by atoms with Gasteiger partial charge in [-0.15, -0.1) is 0 Å². The number of alkyl halides is 3. The molecular weight excluding hydrogens is 285 g/mol. The molecule has 1 amide bonds. The number of anilines is 1. The highest BCUT2D eigenvalue weighted by molar-refractivity contribution is 6.31. The number of carbonyl (C=O) groups excluding carboxylic acids is 1. The summed E-state index contributed by atoms with van der Waals surface area (Å²) < 4.78 is 42.4. The molecule has 0 aromatic heterocycles. The predicted molar refractivity (Wildman–Crippen MR) is 65.0 cm³/mol. The molecule has 3 N–H and O–H groups in total. The maximum atomic E-state index is 12.5. The molecule has 106 valence electrons. The number of benzene rings is 1. The third kappa shape index (κ3) is 5.46. The molecule has 0 aliphatic rings. The van der Waals surface area contributed by atoms with Crippen LogP contribution in [0.4, 0.5) is 18.9 Å². The minimum atomic E-state index is -4.53. The van der Waals surface area contributed by atoms with Crippen LogP contribution in [0.25, 0.3) is 0 Å². The Morgan fingerprint density at radius 1 is 1.37 bits per heavy atom. The standard InChI is InChI=1S/C11H12ClF3N2O2/c12-8-3-7(11(13,14)15)4-9(5-8)17-10(18)6-19-2-1-16/h3-5H,1-2,6,16H2,(H,17,18). The first-order valence-electron chi connectivity index (χ1n) is 5.28. The van der Waals surface area contributed by atoms with Crippen LogP contribution in [-0.4, -0.2) is 25.7 Å². The van der Waals surface area contributed by atoms with Crippen molar-refractivity contribution in [3.63, 3.8) is 0 Å². The quantitative estimate of drug-likeness (QED) is 0.819. The van der Waals surface area contributed by atoms with Crippen LogP contribution in [0.1, 0.15) is 5.56 Å². The first kappa shape index (κ1) is 15.7. The van der Waals surface area contributed by atoms with Gasteiger partial charge < -0.3 is 15.8 Å². The summed E-state index contributed by atoms with van der Waals surface area (Å²) in [5.74, 6) is -0.580. The van der Waals surface area contributed by atoms with Gasteiger partial charge in [0.15, 0.2) is 0 Å². The Labute approximate surface area is 112 Å². The molecule has 19 heavy (non-hydrogen) atoms. The second-order valence-electron chi connectivity index (χ2n) is 3.62. The molecular formula is C11H12ClF3N2O2. The largest absolute Gasteiger partial charge is 0.416 e. The van der Waals surface area contributed by atoms with Crippen LogP contribution in [0, 0.1) is 0 Å². The number of ether oxygens (including phenoxy) is 1. The first-order valence-corrected chi connectivity index (χ1v) is 5.66. The van der Waals surface area contributed by atoms with Crippen LogP contribution in [0.15, 0.2) is 18.2 Å². The van der Waals surface area contributed by atoms with Gasteiger partial charge in [0.25, 0.3) is 0 Å². The molecule has 1 rings (SSSR count). The highest BCUT2D eigenvalue weighted by atomic mass is 35.5. The van der Waals surface area contributed by atoms with Gasteiger partial charge in [0.2, 0.25) is 5.91 Å². The van der Waals surface area contributed by atoms with Gasteiger partial charge in [-0.3, -0.25) is 4.79 Å². The second-order valence-corrected chi connectivity index (χ2v) is 4.05. The van der Waals surface area contributed by atoms with Gasteiger partial charge in [-0.25, -0.2) is 0 Å². The molecule has 1 aromatic carbocycles. The molecule has 0 unspecified atom stereocenters. The van der Waals surface area contributed by atoms with E-state index in [1.807, 2.05) is 0 Å². The van der Waals surface area contributed by atoms with E-state index in [1.165, 1.54) is 6.07 Å². The summed E-state index contributed by atoms with van der Waals surface area (Å²) in [6.07, 6.45) is -4.53. The van der Waals surface area contributed by atoms with Crippen molar-refractivity contribution in [3.05, 3.63) is 28.8 Å². The van der Waals surface area contributed by atoms with Crippen LogP contribution >= 0.6 is 11.6 Å². The van der Waals surface area contributed by atoms with Crippen LogP contribution in [0.3, 0.4) is 0 Å². The average molecular weight is 297 g/mol. The van der Waals surface area contributed by atoms with Crippen molar-refractivity contribution in [1.29, 1.82) is 0 Å². The molecule has 0 aliphatic carbocycles. The Hall–Kier alpha value is -1.31. The van der Waals surface area contributed by atoms with Gasteiger partial charge >= 0.3 is 6.18 Å². The SMILES string of the molecule is NCCOCC(=O)Nc1cc(Cl)cc(C(F)(F)F)c1. The molecule has 1 aromatic rings. The van der Waals surface area contributed by atoms with E-state index in [2.05, 4.69) is 5.32 Å².